The lowest BCUT2D eigenvalue weighted by Crippen LogP contribution is -2.15. The predicted octanol–water partition coefficient (Wildman–Crippen LogP) is 2.71. The smallest absolute Gasteiger partial charge is 0.248 e. The van der Waals surface area contributed by atoms with Crippen LogP contribution in [-0.4, -0.2) is 28.4 Å². The number of carbonyl (C=O) groups excluding carboxylic acids is 1. The first-order valence-corrected chi connectivity index (χ1v) is 7.48. The lowest BCUT2D eigenvalue weighted by Gasteiger charge is -2.08. The largest absolute Gasteiger partial charge is 0.376 e. The highest BCUT2D eigenvalue weighted by molar-refractivity contribution is 6.01. The van der Waals surface area contributed by atoms with E-state index in [1.807, 2.05) is 41.2 Å². The lowest BCUT2D eigenvalue weighted by molar-refractivity contribution is -0.111. The van der Waals surface area contributed by atoms with Gasteiger partial charge in [0.1, 0.15) is 0 Å². The van der Waals surface area contributed by atoms with Crippen LogP contribution in [0.1, 0.15) is 18.4 Å². The van der Waals surface area contributed by atoms with E-state index in [2.05, 4.69) is 10.4 Å². The first kappa shape index (κ1) is 14.5. The average molecular weight is 297 g/mol. The maximum absolute atomic E-state index is 11.9. The minimum Gasteiger partial charge on any atom is -0.376 e. The zero-order chi connectivity index (χ0) is 15.2. The van der Waals surface area contributed by atoms with Crippen LogP contribution in [0.5, 0.6) is 0 Å². The van der Waals surface area contributed by atoms with Crippen LogP contribution in [0.4, 0.5) is 5.69 Å². The molecule has 5 heteroatoms. The molecule has 0 spiro atoms. The Labute approximate surface area is 129 Å². The molecule has 1 aromatic heterocycles. The van der Waals surface area contributed by atoms with Gasteiger partial charge >= 0.3 is 0 Å². The van der Waals surface area contributed by atoms with Gasteiger partial charge in [0, 0.05) is 18.9 Å². The summed E-state index contributed by atoms with van der Waals surface area (Å²) in [6.07, 6.45) is 9.21. The minimum absolute atomic E-state index is 0.166. The summed E-state index contributed by atoms with van der Waals surface area (Å²) in [6, 6.07) is 9.71. The fourth-order valence-electron chi connectivity index (χ4n) is 2.44. The molecular formula is C17H19N3O2. The molecule has 1 saturated heterocycles. The summed E-state index contributed by atoms with van der Waals surface area (Å²) >= 11 is 0. The molecule has 1 amide bonds. The second kappa shape index (κ2) is 7.04. The van der Waals surface area contributed by atoms with E-state index in [0.29, 0.717) is 5.69 Å². The van der Waals surface area contributed by atoms with Gasteiger partial charge in [0.05, 0.1) is 24.5 Å². The number of hydrogen-bond donors (Lipinski definition) is 1. The van der Waals surface area contributed by atoms with Gasteiger partial charge in [-0.1, -0.05) is 30.3 Å². The van der Waals surface area contributed by atoms with E-state index in [4.69, 9.17) is 4.74 Å². The van der Waals surface area contributed by atoms with E-state index in [0.717, 1.165) is 31.6 Å². The van der Waals surface area contributed by atoms with Crippen molar-refractivity contribution in [2.45, 2.75) is 25.5 Å². The Morgan fingerprint density at radius 1 is 1.41 bits per heavy atom. The van der Waals surface area contributed by atoms with Gasteiger partial charge in [0.2, 0.25) is 5.91 Å². The van der Waals surface area contributed by atoms with Crippen LogP contribution in [0.15, 0.2) is 48.8 Å². The Morgan fingerprint density at radius 2 is 2.27 bits per heavy atom. The quantitative estimate of drug-likeness (QED) is 0.863. The average Bonchev–Trinajstić information content (AvgIpc) is 3.19. The molecule has 22 heavy (non-hydrogen) atoms. The predicted molar refractivity (Wildman–Crippen MR) is 85.3 cm³/mol. The molecule has 1 N–H and O–H groups in total. The first-order valence-electron chi connectivity index (χ1n) is 7.48. The highest BCUT2D eigenvalue weighted by Crippen LogP contribution is 2.15. The standard InChI is InChI=1S/C17H19N3O2/c21-17(9-8-14-5-2-1-3-6-14)19-15-11-18-20(12-15)13-16-7-4-10-22-16/h1-3,5-6,8-9,11-12,16H,4,7,10,13H2,(H,19,21). The topological polar surface area (TPSA) is 56.2 Å². The van der Waals surface area contributed by atoms with Crippen molar-refractivity contribution in [3.05, 3.63) is 54.4 Å². The fraction of sp³-hybridized carbons (Fsp3) is 0.294. The second-order valence-corrected chi connectivity index (χ2v) is 5.32. The zero-order valence-electron chi connectivity index (χ0n) is 12.3. The minimum atomic E-state index is -0.166. The maximum Gasteiger partial charge on any atom is 0.248 e. The monoisotopic (exact) mass is 297 g/mol. The zero-order valence-corrected chi connectivity index (χ0v) is 12.3. The Morgan fingerprint density at radius 3 is 3.05 bits per heavy atom. The summed E-state index contributed by atoms with van der Waals surface area (Å²) in [6.45, 7) is 1.57. The van der Waals surface area contributed by atoms with Crippen molar-refractivity contribution >= 4 is 17.7 Å². The number of hydrogen-bond acceptors (Lipinski definition) is 3. The molecule has 1 atom stereocenters. The van der Waals surface area contributed by atoms with Gasteiger partial charge in [-0.15, -0.1) is 0 Å². The number of ether oxygens (including phenoxy) is 1. The summed E-state index contributed by atoms with van der Waals surface area (Å²) < 4.78 is 7.39. The number of anilines is 1. The van der Waals surface area contributed by atoms with Crippen molar-refractivity contribution in [3.63, 3.8) is 0 Å². The molecule has 0 saturated carbocycles. The van der Waals surface area contributed by atoms with Gasteiger partial charge in [0.15, 0.2) is 0 Å². The Balaban J connectivity index is 1.53. The van der Waals surface area contributed by atoms with Crippen molar-refractivity contribution in [1.29, 1.82) is 0 Å². The van der Waals surface area contributed by atoms with E-state index in [1.165, 1.54) is 6.08 Å². The van der Waals surface area contributed by atoms with Gasteiger partial charge in [-0.3, -0.25) is 9.48 Å². The summed E-state index contributed by atoms with van der Waals surface area (Å²) in [5, 5.41) is 7.06. The van der Waals surface area contributed by atoms with Crippen LogP contribution < -0.4 is 5.32 Å². The number of benzene rings is 1. The molecule has 114 valence electrons. The molecule has 0 bridgehead atoms. The molecule has 0 radical (unpaired) electrons. The van der Waals surface area contributed by atoms with Crippen molar-refractivity contribution in [2.24, 2.45) is 0 Å². The summed E-state index contributed by atoms with van der Waals surface area (Å²) in [5.74, 6) is -0.166. The normalized spacial score (nSPS) is 17.9. The van der Waals surface area contributed by atoms with Crippen LogP contribution in [0, 0.1) is 0 Å². The number of aromatic nitrogens is 2. The van der Waals surface area contributed by atoms with E-state index >= 15 is 0 Å². The highest BCUT2D eigenvalue weighted by Gasteiger charge is 2.16. The fourth-order valence-corrected chi connectivity index (χ4v) is 2.44. The number of nitrogens with one attached hydrogen (secondary N) is 1. The van der Waals surface area contributed by atoms with E-state index in [9.17, 15) is 4.79 Å². The molecule has 0 aliphatic carbocycles. The van der Waals surface area contributed by atoms with Gasteiger partial charge in [-0.25, -0.2) is 0 Å². The molecule has 2 heterocycles. The number of amides is 1. The molecule has 1 aliphatic rings. The molecular weight excluding hydrogens is 278 g/mol. The molecule has 1 fully saturated rings. The van der Waals surface area contributed by atoms with Crippen LogP contribution in [0.2, 0.25) is 0 Å². The van der Waals surface area contributed by atoms with Crippen molar-refractivity contribution in [2.75, 3.05) is 11.9 Å². The van der Waals surface area contributed by atoms with Crippen LogP contribution in [0.3, 0.4) is 0 Å². The Hall–Kier alpha value is -2.40. The molecule has 3 rings (SSSR count). The summed E-state index contributed by atoms with van der Waals surface area (Å²) in [4.78, 5) is 11.9. The van der Waals surface area contributed by atoms with Crippen molar-refractivity contribution in [3.8, 4) is 0 Å². The van der Waals surface area contributed by atoms with Gasteiger partial charge < -0.3 is 10.1 Å². The number of rotatable bonds is 5. The van der Waals surface area contributed by atoms with E-state index in [1.54, 1.807) is 12.3 Å². The van der Waals surface area contributed by atoms with Crippen molar-refractivity contribution in [1.82, 2.24) is 9.78 Å². The maximum atomic E-state index is 11.9. The Bertz CT molecular complexity index is 643. The summed E-state index contributed by atoms with van der Waals surface area (Å²) in [5.41, 5.74) is 1.69. The van der Waals surface area contributed by atoms with Gasteiger partial charge in [-0.05, 0) is 24.5 Å². The van der Waals surface area contributed by atoms with E-state index in [-0.39, 0.29) is 12.0 Å². The molecule has 5 nitrogen and oxygen atoms in total. The van der Waals surface area contributed by atoms with E-state index < -0.39 is 0 Å². The number of nitrogens with zero attached hydrogens (tertiary/aromatic N) is 2. The SMILES string of the molecule is O=C(C=Cc1ccccc1)Nc1cnn(CC2CCCO2)c1. The summed E-state index contributed by atoms with van der Waals surface area (Å²) in [7, 11) is 0. The van der Waals surface area contributed by atoms with Crippen LogP contribution in [0.25, 0.3) is 6.08 Å². The van der Waals surface area contributed by atoms with Gasteiger partial charge in [0.25, 0.3) is 0 Å². The van der Waals surface area contributed by atoms with Gasteiger partial charge in [-0.2, -0.15) is 5.10 Å². The highest BCUT2D eigenvalue weighted by atomic mass is 16.5. The molecule has 2 aromatic rings. The third-order valence-corrected chi connectivity index (χ3v) is 3.54. The second-order valence-electron chi connectivity index (χ2n) is 5.32. The van der Waals surface area contributed by atoms with Crippen molar-refractivity contribution < 1.29 is 9.53 Å². The number of carbonyl (C=O) groups is 1. The molecule has 1 aromatic carbocycles. The Kier molecular flexibility index (Phi) is 4.65. The van der Waals surface area contributed by atoms with Crippen LogP contribution in [-0.2, 0) is 16.1 Å². The third kappa shape index (κ3) is 4.05. The molecule has 1 aliphatic heterocycles. The van der Waals surface area contributed by atoms with Crippen LogP contribution >= 0.6 is 0 Å². The first-order chi connectivity index (χ1) is 10.8. The molecule has 1 unspecified atom stereocenters. The third-order valence-electron chi connectivity index (χ3n) is 3.54. The lowest BCUT2D eigenvalue weighted by atomic mass is 10.2.